The van der Waals surface area contributed by atoms with Crippen molar-refractivity contribution in [2.24, 2.45) is 0 Å². The van der Waals surface area contributed by atoms with E-state index in [0.29, 0.717) is 16.1 Å². The lowest BCUT2D eigenvalue weighted by Crippen LogP contribution is -2.29. The second-order valence-corrected chi connectivity index (χ2v) is 5.68. The maximum atomic E-state index is 11.9. The maximum absolute atomic E-state index is 11.9. The third-order valence-electron chi connectivity index (χ3n) is 3.10. The lowest BCUT2D eigenvalue weighted by molar-refractivity contribution is -0.120. The second kappa shape index (κ2) is 7.49. The minimum Gasteiger partial charge on any atom is -0.506 e. The number of aliphatic hydroxyl groups is 1. The zero-order chi connectivity index (χ0) is 16.1. The molecule has 0 fully saturated rings. The summed E-state index contributed by atoms with van der Waals surface area (Å²) in [6, 6.07) is 11.4. The van der Waals surface area contributed by atoms with Crippen molar-refractivity contribution in [3.8, 4) is 5.75 Å². The van der Waals surface area contributed by atoms with Crippen LogP contribution in [-0.2, 0) is 11.2 Å². The molecule has 1 atom stereocenters. The van der Waals surface area contributed by atoms with Crippen molar-refractivity contribution in [3.63, 3.8) is 0 Å². The summed E-state index contributed by atoms with van der Waals surface area (Å²) >= 11 is 11.6. The van der Waals surface area contributed by atoms with Gasteiger partial charge in [0.25, 0.3) is 0 Å². The van der Waals surface area contributed by atoms with Gasteiger partial charge in [-0.05, 0) is 35.4 Å². The van der Waals surface area contributed by atoms with Crippen molar-refractivity contribution >= 4 is 29.1 Å². The predicted octanol–water partition coefficient (Wildman–Crippen LogP) is 3.09. The first-order chi connectivity index (χ1) is 10.5. The number of phenolic OH excluding ortho intramolecular Hbond substituents is 1. The average Bonchev–Trinajstić information content (AvgIpc) is 2.48. The molecule has 0 heterocycles. The van der Waals surface area contributed by atoms with Gasteiger partial charge >= 0.3 is 0 Å². The van der Waals surface area contributed by atoms with Crippen LogP contribution in [-0.4, -0.2) is 22.7 Å². The van der Waals surface area contributed by atoms with Crippen LogP contribution in [0.4, 0.5) is 0 Å². The predicted molar refractivity (Wildman–Crippen MR) is 86.2 cm³/mol. The van der Waals surface area contributed by atoms with Crippen LogP contribution in [0, 0.1) is 0 Å². The summed E-state index contributed by atoms with van der Waals surface area (Å²) in [5.74, 6) is -0.273. The van der Waals surface area contributed by atoms with E-state index in [9.17, 15) is 15.0 Å². The smallest absolute Gasteiger partial charge is 0.224 e. The molecule has 0 unspecified atom stereocenters. The quantitative estimate of drug-likeness (QED) is 0.783. The van der Waals surface area contributed by atoms with Crippen molar-refractivity contribution in [3.05, 3.63) is 63.6 Å². The van der Waals surface area contributed by atoms with E-state index in [1.807, 2.05) is 0 Å². The molecule has 6 heteroatoms. The van der Waals surface area contributed by atoms with Crippen molar-refractivity contribution in [1.29, 1.82) is 0 Å². The zero-order valence-corrected chi connectivity index (χ0v) is 13.1. The standard InChI is InChI=1S/C16H15Cl2NO3/c17-12-3-1-2-11(8-12)15(21)9-19-16(22)7-10-4-5-14(20)13(18)6-10/h1-6,8,15,20-21H,7,9H2,(H,19,22)/t15-/m0/s1. The normalized spacial score (nSPS) is 12.0. The number of aliphatic hydroxyl groups excluding tert-OH is 1. The van der Waals surface area contributed by atoms with Crippen molar-refractivity contribution in [1.82, 2.24) is 5.32 Å². The molecule has 1 amide bonds. The topological polar surface area (TPSA) is 69.6 Å². The summed E-state index contributed by atoms with van der Waals surface area (Å²) in [5, 5.41) is 22.7. The summed E-state index contributed by atoms with van der Waals surface area (Å²) in [4.78, 5) is 11.9. The van der Waals surface area contributed by atoms with Crippen molar-refractivity contribution in [2.75, 3.05) is 6.54 Å². The average molecular weight is 340 g/mol. The van der Waals surface area contributed by atoms with Crippen LogP contribution < -0.4 is 5.32 Å². The molecule has 2 aromatic rings. The van der Waals surface area contributed by atoms with E-state index in [2.05, 4.69) is 5.32 Å². The lowest BCUT2D eigenvalue weighted by atomic mass is 10.1. The van der Waals surface area contributed by atoms with Crippen LogP contribution in [0.5, 0.6) is 5.75 Å². The Kier molecular flexibility index (Phi) is 5.66. The second-order valence-electron chi connectivity index (χ2n) is 4.84. The minimum atomic E-state index is -0.828. The molecule has 3 N–H and O–H groups in total. The lowest BCUT2D eigenvalue weighted by Gasteiger charge is -2.12. The Labute approximate surface area is 138 Å². The van der Waals surface area contributed by atoms with E-state index in [1.54, 1.807) is 30.3 Å². The van der Waals surface area contributed by atoms with Gasteiger partial charge in [0, 0.05) is 11.6 Å². The fraction of sp³-hybridized carbons (Fsp3) is 0.188. The molecule has 0 saturated carbocycles. The fourth-order valence-electron chi connectivity index (χ4n) is 1.95. The first kappa shape index (κ1) is 16.6. The Morgan fingerprint density at radius 3 is 2.64 bits per heavy atom. The number of hydrogen-bond donors (Lipinski definition) is 3. The number of carbonyl (C=O) groups is 1. The summed E-state index contributed by atoms with van der Waals surface area (Å²) in [6.07, 6.45) is -0.714. The number of hydrogen-bond acceptors (Lipinski definition) is 3. The van der Waals surface area contributed by atoms with Crippen LogP contribution in [0.25, 0.3) is 0 Å². The maximum Gasteiger partial charge on any atom is 0.224 e. The molecule has 2 rings (SSSR count). The Balaban J connectivity index is 1.88. The molecule has 2 aromatic carbocycles. The van der Waals surface area contributed by atoms with Gasteiger partial charge in [-0.3, -0.25) is 4.79 Å². The number of aromatic hydroxyl groups is 1. The van der Waals surface area contributed by atoms with Crippen LogP contribution in [0.3, 0.4) is 0 Å². The van der Waals surface area contributed by atoms with Crippen molar-refractivity contribution in [2.45, 2.75) is 12.5 Å². The third-order valence-corrected chi connectivity index (χ3v) is 3.64. The zero-order valence-electron chi connectivity index (χ0n) is 11.6. The van der Waals surface area contributed by atoms with E-state index in [4.69, 9.17) is 23.2 Å². The molecule has 0 radical (unpaired) electrons. The number of carbonyl (C=O) groups excluding carboxylic acids is 1. The van der Waals surface area contributed by atoms with Gasteiger partial charge in [0.15, 0.2) is 0 Å². The summed E-state index contributed by atoms with van der Waals surface area (Å²) < 4.78 is 0. The first-order valence-corrected chi connectivity index (χ1v) is 7.39. The molecular weight excluding hydrogens is 325 g/mol. The highest BCUT2D eigenvalue weighted by molar-refractivity contribution is 6.32. The van der Waals surface area contributed by atoms with Gasteiger partial charge in [-0.2, -0.15) is 0 Å². The summed E-state index contributed by atoms with van der Waals surface area (Å²) in [7, 11) is 0. The van der Waals surface area contributed by atoms with Crippen LogP contribution in [0.1, 0.15) is 17.2 Å². The minimum absolute atomic E-state index is 0.0257. The number of amides is 1. The monoisotopic (exact) mass is 339 g/mol. The van der Waals surface area contributed by atoms with Gasteiger partial charge < -0.3 is 15.5 Å². The Hall–Kier alpha value is -1.75. The molecule has 22 heavy (non-hydrogen) atoms. The van der Waals surface area contributed by atoms with E-state index in [0.717, 1.165) is 0 Å². The third kappa shape index (κ3) is 4.63. The summed E-state index contributed by atoms with van der Waals surface area (Å²) in [5.41, 5.74) is 1.32. The molecule has 116 valence electrons. The van der Waals surface area contributed by atoms with E-state index < -0.39 is 6.10 Å². The van der Waals surface area contributed by atoms with Gasteiger partial charge in [0.1, 0.15) is 5.75 Å². The summed E-state index contributed by atoms with van der Waals surface area (Å²) in [6.45, 7) is 0.0883. The van der Waals surface area contributed by atoms with E-state index in [-0.39, 0.29) is 29.6 Å². The van der Waals surface area contributed by atoms with Gasteiger partial charge in [-0.15, -0.1) is 0 Å². The molecule has 0 saturated heterocycles. The van der Waals surface area contributed by atoms with Gasteiger partial charge in [-0.25, -0.2) is 0 Å². The molecule has 4 nitrogen and oxygen atoms in total. The number of rotatable bonds is 5. The number of phenols is 1. The number of nitrogens with one attached hydrogen (secondary N) is 1. The molecule has 0 spiro atoms. The SMILES string of the molecule is O=C(Cc1ccc(O)c(Cl)c1)NC[C@H](O)c1cccc(Cl)c1. The Bertz CT molecular complexity index is 676. The number of benzene rings is 2. The molecular formula is C16H15Cl2NO3. The van der Waals surface area contributed by atoms with Gasteiger partial charge in [-0.1, -0.05) is 41.4 Å². The van der Waals surface area contributed by atoms with Crippen LogP contribution in [0.15, 0.2) is 42.5 Å². The van der Waals surface area contributed by atoms with Crippen LogP contribution >= 0.6 is 23.2 Å². The highest BCUT2D eigenvalue weighted by Gasteiger charge is 2.11. The fourth-order valence-corrected chi connectivity index (χ4v) is 2.35. The largest absolute Gasteiger partial charge is 0.506 e. The van der Waals surface area contributed by atoms with E-state index >= 15 is 0 Å². The van der Waals surface area contributed by atoms with Gasteiger partial charge in [0.2, 0.25) is 5.91 Å². The van der Waals surface area contributed by atoms with E-state index in [1.165, 1.54) is 12.1 Å². The van der Waals surface area contributed by atoms with Crippen molar-refractivity contribution < 1.29 is 15.0 Å². The molecule has 0 aromatic heterocycles. The first-order valence-electron chi connectivity index (χ1n) is 6.63. The highest BCUT2D eigenvalue weighted by Crippen LogP contribution is 2.23. The Morgan fingerprint density at radius 1 is 1.18 bits per heavy atom. The molecule has 0 bridgehead atoms. The molecule has 0 aliphatic heterocycles. The van der Waals surface area contributed by atoms with Crippen LogP contribution in [0.2, 0.25) is 10.0 Å². The Morgan fingerprint density at radius 2 is 1.95 bits per heavy atom. The molecule has 0 aliphatic carbocycles. The number of halogens is 2. The highest BCUT2D eigenvalue weighted by atomic mass is 35.5. The van der Waals surface area contributed by atoms with Gasteiger partial charge in [0.05, 0.1) is 17.5 Å². The molecule has 0 aliphatic rings.